The van der Waals surface area contributed by atoms with Crippen LogP contribution in [0.4, 0.5) is 5.82 Å². The van der Waals surface area contributed by atoms with Crippen LogP contribution in [0.15, 0.2) is 41.3 Å². The maximum atomic E-state index is 12.6. The summed E-state index contributed by atoms with van der Waals surface area (Å²) in [6.07, 6.45) is 1.65. The Balaban J connectivity index is 1.90. The molecule has 0 unspecified atom stereocenters. The summed E-state index contributed by atoms with van der Waals surface area (Å²) >= 11 is 0. The van der Waals surface area contributed by atoms with Gasteiger partial charge in [-0.15, -0.1) is 0 Å². The third-order valence-electron chi connectivity index (χ3n) is 4.05. The van der Waals surface area contributed by atoms with Crippen LogP contribution in [0.25, 0.3) is 0 Å². The van der Waals surface area contributed by atoms with Crippen molar-refractivity contribution in [2.45, 2.75) is 24.7 Å². The topological polar surface area (TPSA) is 99.6 Å². The Bertz CT molecular complexity index is 906. The lowest BCUT2D eigenvalue weighted by Gasteiger charge is -2.16. The molecule has 1 saturated heterocycles. The first kappa shape index (κ1) is 17.4. The molecule has 7 nitrogen and oxygen atoms in total. The number of nitrogens with one attached hydrogen (secondary N) is 1. The smallest absolute Gasteiger partial charge is 0.260 e. The largest absolute Gasteiger partial charge is 0.507 e. The molecule has 2 N–H and O–H groups in total. The van der Waals surface area contributed by atoms with Crippen LogP contribution < -0.4 is 5.32 Å². The summed E-state index contributed by atoms with van der Waals surface area (Å²) < 4.78 is 26.6. The van der Waals surface area contributed by atoms with Crippen LogP contribution in [0.5, 0.6) is 5.75 Å². The van der Waals surface area contributed by atoms with Crippen LogP contribution in [-0.4, -0.2) is 41.8 Å². The Morgan fingerprint density at radius 2 is 1.92 bits per heavy atom. The minimum Gasteiger partial charge on any atom is -0.507 e. The maximum Gasteiger partial charge on any atom is 0.260 e. The number of sulfonamides is 1. The van der Waals surface area contributed by atoms with Gasteiger partial charge in [0.2, 0.25) is 10.0 Å². The summed E-state index contributed by atoms with van der Waals surface area (Å²) in [4.78, 5) is 16.6. The average molecular weight is 361 g/mol. The first-order valence-corrected chi connectivity index (χ1v) is 9.40. The quantitative estimate of drug-likeness (QED) is 0.869. The molecule has 1 aromatic carbocycles. The van der Waals surface area contributed by atoms with Gasteiger partial charge in [-0.25, -0.2) is 13.4 Å². The van der Waals surface area contributed by atoms with Gasteiger partial charge in [0, 0.05) is 18.8 Å². The highest BCUT2D eigenvalue weighted by Gasteiger charge is 2.28. The van der Waals surface area contributed by atoms with Gasteiger partial charge in [0.05, 0.1) is 10.5 Å². The minimum atomic E-state index is -3.66. The molecule has 0 bridgehead atoms. The van der Waals surface area contributed by atoms with Crippen molar-refractivity contribution in [1.29, 1.82) is 0 Å². The van der Waals surface area contributed by atoms with Crippen LogP contribution in [0.2, 0.25) is 0 Å². The molecule has 0 radical (unpaired) electrons. The zero-order valence-electron chi connectivity index (χ0n) is 13.8. The zero-order chi connectivity index (χ0) is 18.0. The second kappa shape index (κ2) is 6.81. The maximum absolute atomic E-state index is 12.6. The van der Waals surface area contributed by atoms with Gasteiger partial charge < -0.3 is 10.4 Å². The highest BCUT2D eigenvalue weighted by molar-refractivity contribution is 7.89. The highest BCUT2D eigenvalue weighted by atomic mass is 32.2. The van der Waals surface area contributed by atoms with Crippen molar-refractivity contribution in [3.63, 3.8) is 0 Å². The molecule has 0 atom stereocenters. The standard InChI is InChI=1S/C17H19N3O4S/c1-12-5-4-6-16(18-12)19-17(22)14-11-13(7-8-15(14)21)25(23,24)20-9-2-3-10-20/h4-8,11,21H,2-3,9-10H2,1H3,(H,18,19,22). The van der Waals surface area contributed by atoms with Gasteiger partial charge in [-0.1, -0.05) is 6.07 Å². The summed E-state index contributed by atoms with van der Waals surface area (Å²) in [5, 5.41) is 12.5. The van der Waals surface area contributed by atoms with Crippen LogP contribution in [0, 0.1) is 6.92 Å². The summed E-state index contributed by atoms with van der Waals surface area (Å²) in [5.74, 6) is -0.572. The molecule has 1 aliphatic heterocycles. The van der Waals surface area contributed by atoms with E-state index in [2.05, 4.69) is 10.3 Å². The Labute approximate surface area is 146 Å². The number of amides is 1. The Morgan fingerprint density at radius 1 is 1.20 bits per heavy atom. The van der Waals surface area contributed by atoms with Crippen LogP contribution >= 0.6 is 0 Å². The molecule has 1 amide bonds. The summed E-state index contributed by atoms with van der Waals surface area (Å²) in [6, 6.07) is 8.88. The fraction of sp³-hybridized carbons (Fsp3) is 0.294. The lowest BCUT2D eigenvalue weighted by Crippen LogP contribution is -2.28. The molecule has 2 heterocycles. The van der Waals surface area contributed by atoms with Gasteiger partial charge in [0.25, 0.3) is 5.91 Å². The van der Waals surface area contributed by atoms with Crippen molar-refractivity contribution in [3.8, 4) is 5.75 Å². The zero-order valence-corrected chi connectivity index (χ0v) is 14.6. The fourth-order valence-electron chi connectivity index (χ4n) is 2.73. The number of pyridine rings is 1. The van der Waals surface area contributed by atoms with E-state index in [-0.39, 0.29) is 16.2 Å². The SMILES string of the molecule is Cc1cccc(NC(=O)c2cc(S(=O)(=O)N3CCCC3)ccc2O)n1. The molecule has 0 saturated carbocycles. The van der Waals surface area contributed by atoms with Gasteiger partial charge in [-0.05, 0) is 50.1 Å². The third-order valence-corrected chi connectivity index (χ3v) is 5.94. The lowest BCUT2D eigenvalue weighted by atomic mass is 10.2. The first-order chi connectivity index (χ1) is 11.9. The van der Waals surface area contributed by atoms with Crippen LogP contribution in [0.1, 0.15) is 28.9 Å². The molecule has 3 rings (SSSR count). The molecule has 8 heteroatoms. The number of hydrogen-bond acceptors (Lipinski definition) is 5. The normalized spacial score (nSPS) is 15.2. The minimum absolute atomic E-state index is 0.00504. The average Bonchev–Trinajstić information content (AvgIpc) is 3.10. The van der Waals surface area contributed by atoms with Gasteiger partial charge >= 0.3 is 0 Å². The van der Waals surface area contributed by atoms with Crippen molar-refractivity contribution in [2.75, 3.05) is 18.4 Å². The Hall–Kier alpha value is -2.45. The predicted molar refractivity (Wildman–Crippen MR) is 93.0 cm³/mol. The number of aromatic hydroxyl groups is 1. The molecular formula is C17H19N3O4S. The molecule has 0 aliphatic carbocycles. The monoisotopic (exact) mass is 361 g/mol. The van der Waals surface area contributed by atoms with E-state index in [0.717, 1.165) is 18.5 Å². The molecule has 0 spiro atoms. The number of benzene rings is 1. The van der Waals surface area contributed by atoms with E-state index < -0.39 is 15.9 Å². The van der Waals surface area contributed by atoms with Gasteiger partial charge in [-0.3, -0.25) is 4.79 Å². The second-order valence-corrected chi connectivity index (χ2v) is 7.85. The number of phenolic OH excluding ortho intramolecular Hbond substituents is 1. The van der Waals surface area contributed by atoms with E-state index in [1.807, 2.05) is 0 Å². The number of anilines is 1. The lowest BCUT2D eigenvalue weighted by molar-refractivity contribution is 0.102. The summed E-state index contributed by atoms with van der Waals surface area (Å²) in [7, 11) is -3.66. The van der Waals surface area contributed by atoms with E-state index in [4.69, 9.17) is 0 Å². The number of hydrogen-bond donors (Lipinski definition) is 2. The molecule has 1 aromatic heterocycles. The number of aromatic nitrogens is 1. The number of phenols is 1. The second-order valence-electron chi connectivity index (χ2n) is 5.91. The predicted octanol–water partition coefficient (Wildman–Crippen LogP) is 2.13. The van der Waals surface area contributed by atoms with E-state index >= 15 is 0 Å². The number of carbonyl (C=O) groups excluding carboxylic acids is 1. The number of aryl methyl sites for hydroxylation is 1. The van der Waals surface area contributed by atoms with Crippen molar-refractivity contribution >= 4 is 21.7 Å². The highest BCUT2D eigenvalue weighted by Crippen LogP contribution is 2.26. The van der Waals surface area contributed by atoms with E-state index in [1.165, 1.54) is 22.5 Å². The first-order valence-electron chi connectivity index (χ1n) is 7.96. The van der Waals surface area contributed by atoms with E-state index in [9.17, 15) is 18.3 Å². The van der Waals surface area contributed by atoms with Crippen molar-refractivity contribution in [2.24, 2.45) is 0 Å². The van der Waals surface area contributed by atoms with E-state index in [0.29, 0.717) is 18.9 Å². The van der Waals surface area contributed by atoms with Crippen LogP contribution in [-0.2, 0) is 10.0 Å². The molecule has 1 aliphatic rings. The van der Waals surface area contributed by atoms with Crippen molar-refractivity contribution < 1.29 is 18.3 Å². The fourth-order valence-corrected chi connectivity index (χ4v) is 4.28. The molecule has 25 heavy (non-hydrogen) atoms. The number of carbonyl (C=O) groups is 1. The molecule has 1 fully saturated rings. The van der Waals surface area contributed by atoms with Gasteiger partial charge in [-0.2, -0.15) is 4.31 Å². The van der Waals surface area contributed by atoms with Crippen LogP contribution in [0.3, 0.4) is 0 Å². The van der Waals surface area contributed by atoms with Gasteiger partial charge in [0.15, 0.2) is 0 Å². The van der Waals surface area contributed by atoms with E-state index in [1.54, 1.807) is 25.1 Å². The Morgan fingerprint density at radius 3 is 2.60 bits per heavy atom. The van der Waals surface area contributed by atoms with Gasteiger partial charge in [0.1, 0.15) is 11.6 Å². The van der Waals surface area contributed by atoms with Crippen molar-refractivity contribution in [3.05, 3.63) is 47.7 Å². The Kier molecular flexibility index (Phi) is 4.73. The third kappa shape index (κ3) is 3.64. The summed E-state index contributed by atoms with van der Waals surface area (Å²) in [5.41, 5.74) is 0.621. The van der Waals surface area contributed by atoms with Crippen molar-refractivity contribution in [1.82, 2.24) is 9.29 Å². The molecular weight excluding hydrogens is 342 g/mol. The molecule has 2 aromatic rings. The summed E-state index contributed by atoms with van der Waals surface area (Å²) in [6.45, 7) is 2.73. The number of rotatable bonds is 4. The number of nitrogens with zero attached hydrogens (tertiary/aromatic N) is 2. The molecule has 132 valence electrons.